The fourth-order valence-electron chi connectivity index (χ4n) is 8.00. The van der Waals surface area contributed by atoms with E-state index in [1.807, 2.05) is 34.1 Å². The van der Waals surface area contributed by atoms with Gasteiger partial charge in [0.2, 0.25) is 5.91 Å². The number of nitrogens with one attached hydrogen (secondary N) is 1. The van der Waals surface area contributed by atoms with Crippen LogP contribution in [0.3, 0.4) is 0 Å². The molecule has 4 heterocycles. The van der Waals surface area contributed by atoms with Crippen LogP contribution in [0.15, 0.2) is 36.4 Å². The number of nitrogens with zero attached hydrogens (tertiary/aromatic N) is 5. The number of piperazine rings is 1. The van der Waals surface area contributed by atoms with E-state index in [0.717, 1.165) is 75.1 Å². The maximum Gasteiger partial charge on any atom is 0.322 e. The highest BCUT2D eigenvalue weighted by molar-refractivity contribution is 6.33. The van der Waals surface area contributed by atoms with Gasteiger partial charge in [-0.15, -0.1) is 6.42 Å². The van der Waals surface area contributed by atoms with Crippen molar-refractivity contribution in [3.63, 3.8) is 0 Å². The summed E-state index contributed by atoms with van der Waals surface area (Å²) in [7, 11) is 2.17. The van der Waals surface area contributed by atoms with Gasteiger partial charge in [0.25, 0.3) is 0 Å². The van der Waals surface area contributed by atoms with E-state index in [1.54, 1.807) is 6.07 Å². The molecule has 4 aliphatic heterocycles. The molecular weight excluding hydrogens is 626 g/mol. The number of anilines is 2. The Hall–Kier alpha value is -3.33. The number of aliphatic hydroxyl groups excluding tert-OH is 1. The van der Waals surface area contributed by atoms with Crippen molar-refractivity contribution in [3.8, 4) is 12.3 Å². The Labute approximate surface area is 290 Å². The maximum absolute atomic E-state index is 14.2. The molecule has 48 heavy (non-hydrogen) atoms. The number of hydrogen-bond acceptors (Lipinski definition) is 7. The van der Waals surface area contributed by atoms with Crippen molar-refractivity contribution < 1.29 is 14.7 Å². The monoisotopic (exact) mass is 675 g/mol. The van der Waals surface area contributed by atoms with Gasteiger partial charge in [0.05, 0.1) is 10.7 Å². The van der Waals surface area contributed by atoms with Gasteiger partial charge in [-0.25, -0.2) is 4.79 Å². The van der Waals surface area contributed by atoms with Crippen LogP contribution < -0.4 is 11.1 Å². The van der Waals surface area contributed by atoms with E-state index >= 15 is 0 Å². The number of likely N-dealkylation sites (tertiary alicyclic amines) is 2. The van der Waals surface area contributed by atoms with E-state index in [1.165, 1.54) is 0 Å². The van der Waals surface area contributed by atoms with E-state index < -0.39 is 12.1 Å². The van der Waals surface area contributed by atoms with E-state index in [-0.39, 0.29) is 18.0 Å². The number of nitrogens with two attached hydrogens (primary N) is 1. The van der Waals surface area contributed by atoms with E-state index in [9.17, 15) is 14.7 Å². The molecule has 3 fully saturated rings. The number of terminal acetylenes is 1. The summed E-state index contributed by atoms with van der Waals surface area (Å²) in [5.41, 5.74) is 9.85. The molecule has 0 aliphatic carbocycles. The van der Waals surface area contributed by atoms with Gasteiger partial charge in [0, 0.05) is 88.2 Å². The van der Waals surface area contributed by atoms with Crippen LogP contribution in [0.5, 0.6) is 0 Å². The lowest BCUT2D eigenvalue weighted by Gasteiger charge is -2.43. The molecular formula is C37H50ClN7O3. The number of halogens is 1. The Morgan fingerprint density at radius 2 is 1.71 bits per heavy atom. The Balaban J connectivity index is 1.09. The van der Waals surface area contributed by atoms with Crippen molar-refractivity contribution in [3.05, 3.63) is 58.1 Å². The summed E-state index contributed by atoms with van der Waals surface area (Å²) in [6, 6.07) is 12.1. The fourth-order valence-corrected chi connectivity index (χ4v) is 8.24. The normalized spacial score (nSPS) is 22.0. The molecule has 258 valence electrons. The number of benzene rings is 2. The minimum Gasteiger partial charge on any atom is -0.397 e. The van der Waals surface area contributed by atoms with E-state index in [2.05, 4.69) is 39.1 Å². The molecule has 6 rings (SSSR count). The van der Waals surface area contributed by atoms with Gasteiger partial charge in [-0.3, -0.25) is 14.6 Å². The number of aliphatic hydroxyl groups is 1. The third kappa shape index (κ3) is 7.93. The van der Waals surface area contributed by atoms with Crippen LogP contribution in [0.4, 0.5) is 16.2 Å². The molecule has 4 aliphatic rings. The molecule has 11 heteroatoms. The molecule has 0 saturated carbocycles. The van der Waals surface area contributed by atoms with Crippen molar-refractivity contribution in [1.82, 2.24) is 24.5 Å². The summed E-state index contributed by atoms with van der Waals surface area (Å²) in [4.78, 5) is 38.3. The van der Waals surface area contributed by atoms with Gasteiger partial charge in [-0.1, -0.05) is 35.7 Å². The first kappa shape index (κ1) is 34.5. The summed E-state index contributed by atoms with van der Waals surface area (Å²) in [5.74, 6) is 2.23. The summed E-state index contributed by atoms with van der Waals surface area (Å²) < 4.78 is 0. The predicted molar refractivity (Wildman–Crippen MR) is 191 cm³/mol. The van der Waals surface area contributed by atoms with Gasteiger partial charge >= 0.3 is 6.03 Å². The predicted octanol–water partition coefficient (Wildman–Crippen LogP) is 3.56. The lowest BCUT2D eigenvalue weighted by atomic mass is 9.90. The molecule has 2 aromatic rings. The number of piperidine rings is 2. The Kier molecular flexibility index (Phi) is 11.1. The van der Waals surface area contributed by atoms with Crippen LogP contribution in [0, 0.1) is 18.3 Å². The van der Waals surface area contributed by atoms with Crippen LogP contribution in [0.25, 0.3) is 0 Å². The van der Waals surface area contributed by atoms with Gasteiger partial charge in [-0.05, 0) is 81.3 Å². The molecule has 0 bridgehead atoms. The maximum atomic E-state index is 14.2. The summed E-state index contributed by atoms with van der Waals surface area (Å²) in [6.07, 6.45) is 9.89. The summed E-state index contributed by atoms with van der Waals surface area (Å²) in [5, 5.41) is 15.0. The quantitative estimate of drug-likeness (QED) is 0.290. The number of urea groups is 1. The molecule has 4 N–H and O–H groups in total. The first-order valence-electron chi connectivity index (χ1n) is 17.5. The number of nitrogen functional groups attached to an aromatic ring is 1. The topological polar surface area (TPSA) is 109 Å². The molecule has 0 radical (unpaired) electrons. The fraction of sp³-hybridized carbons (Fsp3) is 0.568. The average Bonchev–Trinajstić information content (AvgIpc) is 3.27. The van der Waals surface area contributed by atoms with Gasteiger partial charge in [0.1, 0.15) is 6.23 Å². The van der Waals surface area contributed by atoms with Gasteiger partial charge in [0.15, 0.2) is 0 Å². The number of fused-ring (bicyclic) bond motifs is 1. The molecule has 1 unspecified atom stereocenters. The van der Waals surface area contributed by atoms with Crippen molar-refractivity contribution in [2.75, 3.05) is 77.0 Å². The second-order valence-corrected chi connectivity index (χ2v) is 14.4. The SMILES string of the molecule is C#Cc1cc(C[C@@H](CC(O)N2CCC(N3CCc4ccccc4NC3=O)CC2)C(=O)N2CCC(N3CCN(C)CC3)CC2)cc(Cl)c1N. The number of likely N-dealkylation sites (N-methyl/N-ethyl adjacent to an activating group) is 1. The Morgan fingerprint density at radius 1 is 1.02 bits per heavy atom. The van der Waals surface area contributed by atoms with Crippen molar-refractivity contribution in [1.29, 1.82) is 0 Å². The van der Waals surface area contributed by atoms with Crippen LogP contribution in [0.2, 0.25) is 5.02 Å². The van der Waals surface area contributed by atoms with Crippen LogP contribution in [-0.2, 0) is 17.6 Å². The first-order valence-corrected chi connectivity index (χ1v) is 17.9. The number of para-hydroxylation sites is 1. The number of hydrogen-bond donors (Lipinski definition) is 3. The largest absolute Gasteiger partial charge is 0.397 e. The lowest BCUT2D eigenvalue weighted by Crippen LogP contribution is -2.54. The summed E-state index contributed by atoms with van der Waals surface area (Å²) >= 11 is 6.45. The highest BCUT2D eigenvalue weighted by atomic mass is 35.5. The third-order valence-electron chi connectivity index (χ3n) is 11.0. The second-order valence-electron chi connectivity index (χ2n) is 14.0. The zero-order valence-corrected chi connectivity index (χ0v) is 28.9. The van der Waals surface area contributed by atoms with E-state index in [4.69, 9.17) is 23.8 Å². The van der Waals surface area contributed by atoms with Crippen molar-refractivity contribution >= 4 is 34.9 Å². The Morgan fingerprint density at radius 3 is 2.42 bits per heavy atom. The third-order valence-corrected chi connectivity index (χ3v) is 11.3. The highest BCUT2D eigenvalue weighted by Gasteiger charge is 2.36. The molecule has 0 aromatic heterocycles. The second kappa shape index (κ2) is 15.5. The number of carbonyl (C=O) groups is 2. The average molecular weight is 676 g/mol. The number of rotatable bonds is 8. The standard InChI is InChI=1S/C37H50ClN7O3/c1-3-27-22-26(24-32(38)35(27)39)23-29(36(47)44-15-9-30(10-16-44)42-20-18-41(2)19-21-42)25-34(46)43-13-11-31(12-14-43)45-17-8-28-6-4-5-7-33(28)40-37(45)48/h1,4-7,22,24,29-31,34,46H,8-21,23,25,39H2,2H3,(H,40,48)/t29-,34?/m0/s1. The molecule has 3 amide bonds. The molecule has 0 spiro atoms. The number of carbonyl (C=O) groups excluding carboxylic acids is 2. The van der Waals surface area contributed by atoms with Gasteiger partial charge < -0.3 is 30.9 Å². The van der Waals surface area contributed by atoms with Crippen molar-refractivity contribution in [2.45, 2.75) is 63.3 Å². The van der Waals surface area contributed by atoms with Gasteiger partial charge in [-0.2, -0.15) is 0 Å². The highest BCUT2D eigenvalue weighted by Crippen LogP contribution is 2.30. The minimum atomic E-state index is -0.790. The zero-order valence-electron chi connectivity index (χ0n) is 28.1. The minimum absolute atomic E-state index is 0.0606. The van der Waals surface area contributed by atoms with Crippen molar-refractivity contribution in [2.24, 2.45) is 5.92 Å². The molecule has 2 atom stereocenters. The van der Waals surface area contributed by atoms with Crippen LogP contribution in [-0.4, -0.2) is 126 Å². The summed E-state index contributed by atoms with van der Waals surface area (Å²) in [6.45, 7) is 7.71. The lowest BCUT2D eigenvalue weighted by molar-refractivity contribution is -0.140. The zero-order chi connectivity index (χ0) is 33.8. The van der Waals surface area contributed by atoms with Crippen LogP contribution in [0.1, 0.15) is 48.8 Å². The smallest absolute Gasteiger partial charge is 0.322 e. The molecule has 3 saturated heterocycles. The van der Waals surface area contributed by atoms with Crippen LogP contribution >= 0.6 is 11.6 Å². The number of amides is 3. The Bertz CT molecular complexity index is 1490. The first-order chi connectivity index (χ1) is 23.2. The molecule has 2 aromatic carbocycles. The molecule has 10 nitrogen and oxygen atoms in total. The van der Waals surface area contributed by atoms with E-state index in [0.29, 0.717) is 67.9 Å².